The third-order valence-corrected chi connectivity index (χ3v) is 8.64. The largest absolute Gasteiger partial charge is 0.374 e. The molecule has 0 bridgehead atoms. The van der Waals surface area contributed by atoms with Gasteiger partial charge in [0.15, 0.2) is 0 Å². The molecule has 5 nitrogen and oxygen atoms in total. The van der Waals surface area contributed by atoms with E-state index in [1.807, 2.05) is 22.4 Å². The second kappa shape index (κ2) is 9.49. The molecule has 0 radical (unpaired) electrons. The second-order valence-corrected chi connectivity index (χ2v) is 10.7. The molecule has 2 aliphatic heterocycles. The van der Waals surface area contributed by atoms with Crippen LogP contribution in [0.1, 0.15) is 75.6 Å². The zero-order chi connectivity index (χ0) is 20.3. The van der Waals surface area contributed by atoms with Crippen molar-refractivity contribution < 1.29 is 5.11 Å². The summed E-state index contributed by atoms with van der Waals surface area (Å²) in [6.07, 6.45) is 17.0. The Morgan fingerprint density at radius 3 is 2.50 bits per heavy atom. The lowest BCUT2D eigenvalue weighted by Crippen LogP contribution is -2.38. The van der Waals surface area contributed by atoms with Gasteiger partial charge >= 0.3 is 0 Å². The lowest BCUT2D eigenvalue weighted by Gasteiger charge is -2.36. The number of hydrogen-bond donors (Lipinski definition) is 1. The van der Waals surface area contributed by atoms with E-state index in [1.165, 1.54) is 80.6 Å². The maximum Gasteiger partial charge on any atom is 0.132 e. The molecule has 1 aliphatic carbocycles. The molecule has 0 amide bonds. The number of aromatic nitrogens is 2. The first-order valence-corrected chi connectivity index (χ1v) is 13.0. The molecule has 2 aromatic rings. The molecule has 3 aliphatic rings. The number of anilines is 1. The minimum Gasteiger partial charge on any atom is -0.374 e. The molecular formula is C24H36N4OS. The Morgan fingerprint density at radius 1 is 0.967 bits per heavy atom. The van der Waals surface area contributed by atoms with Gasteiger partial charge in [0.05, 0.1) is 21.4 Å². The first-order chi connectivity index (χ1) is 14.8. The van der Waals surface area contributed by atoms with Crippen LogP contribution in [0, 0.1) is 5.92 Å². The fourth-order valence-electron chi connectivity index (χ4n) is 5.74. The average Bonchev–Trinajstić information content (AvgIpc) is 3.28. The van der Waals surface area contributed by atoms with Crippen LogP contribution in [-0.4, -0.2) is 51.9 Å². The van der Waals surface area contributed by atoms with E-state index in [1.54, 1.807) is 0 Å². The highest BCUT2D eigenvalue weighted by atomic mass is 32.1. The Bertz CT molecular complexity index is 824. The topological polar surface area (TPSA) is 52.5 Å². The number of rotatable bonds is 5. The number of hydrogen-bond acceptors (Lipinski definition) is 6. The molecule has 30 heavy (non-hydrogen) atoms. The zero-order valence-electron chi connectivity index (χ0n) is 18.1. The van der Waals surface area contributed by atoms with Gasteiger partial charge in [0.2, 0.25) is 0 Å². The van der Waals surface area contributed by atoms with Crippen LogP contribution in [0.4, 0.5) is 5.82 Å². The number of aryl methyl sites for hydroxylation is 1. The fraction of sp³-hybridized carbons (Fsp3) is 0.750. The highest BCUT2D eigenvalue weighted by molar-refractivity contribution is 7.18. The highest BCUT2D eigenvalue weighted by Gasteiger charge is 2.27. The van der Waals surface area contributed by atoms with Crippen LogP contribution in [0.5, 0.6) is 0 Å². The van der Waals surface area contributed by atoms with Gasteiger partial charge in [-0.1, -0.05) is 12.8 Å². The van der Waals surface area contributed by atoms with Crippen LogP contribution < -0.4 is 4.90 Å². The van der Waals surface area contributed by atoms with Crippen molar-refractivity contribution in [2.45, 2.75) is 89.3 Å². The monoisotopic (exact) mass is 428 g/mol. The molecule has 2 aromatic heterocycles. The minimum atomic E-state index is -0.383. The SMILES string of the molecule is OC1CCCN1c1cc2sc(CCC3CCC(N4CCCCCC4)CC3)nc2cn1. The number of likely N-dealkylation sites (tertiary alicyclic amines) is 1. The average molecular weight is 429 g/mol. The highest BCUT2D eigenvalue weighted by Crippen LogP contribution is 2.33. The molecule has 164 valence electrons. The minimum absolute atomic E-state index is 0.383. The summed E-state index contributed by atoms with van der Waals surface area (Å²) in [4.78, 5) is 14.2. The lowest BCUT2D eigenvalue weighted by molar-refractivity contribution is 0.138. The second-order valence-electron chi connectivity index (χ2n) is 9.60. The van der Waals surface area contributed by atoms with Gasteiger partial charge in [0.1, 0.15) is 12.0 Å². The Morgan fingerprint density at radius 2 is 1.77 bits per heavy atom. The van der Waals surface area contributed by atoms with Gasteiger partial charge < -0.3 is 14.9 Å². The van der Waals surface area contributed by atoms with Crippen molar-refractivity contribution in [3.05, 3.63) is 17.3 Å². The smallest absolute Gasteiger partial charge is 0.132 e. The van der Waals surface area contributed by atoms with Crippen molar-refractivity contribution in [1.82, 2.24) is 14.9 Å². The first-order valence-electron chi connectivity index (χ1n) is 12.2. The Kier molecular flexibility index (Phi) is 6.53. The van der Waals surface area contributed by atoms with Gasteiger partial charge in [-0.05, 0) is 83.2 Å². The fourth-order valence-corrected chi connectivity index (χ4v) is 6.72. The van der Waals surface area contributed by atoms with Gasteiger partial charge in [0, 0.05) is 18.7 Å². The van der Waals surface area contributed by atoms with Crippen molar-refractivity contribution in [3.8, 4) is 0 Å². The molecule has 0 aromatic carbocycles. The standard InChI is InChI=1S/C24H36N4OS/c29-24-6-5-15-28(24)22-16-21-20(17-25-22)26-23(30-21)12-9-18-7-10-19(11-8-18)27-13-3-1-2-4-14-27/h16-19,24,29H,1-15H2. The number of thiazole rings is 1. The summed E-state index contributed by atoms with van der Waals surface area (Å²) < 4.78 is 1.21. The van der Waals surface area contributed by atoms with E-state index in [9.17, 15) is 5.11 Å². The molecule has 2 saturated heterocycles. The van der Waals surface area contributed by atoms with Gasteiger partial charge in [-0.25, -0.2) is 9.97 Å². The number of aliphatic hydroxyl groups is 1. The van der Waals surface area contributed by atoms with E-state index in [-0.39, 0.29) is 6.23 Å². The van der Waals surface area contributed by atoms with Gasteiger partial charge in [-0.15, -0.1) is 11.3 Å². The lowest BCUT2D eigenvalue weighted by atomic mass is 9.83. The maximum atomic E-state index is 10.1. The molecule has 1 atom stereocenters. The van der Waals surface area contributed by atoms with Crippen molar-refractivity contribution in [2.75, 3.05) is 24.5 Å². The van der Waals surface area contributed by atoms with Gasteiger partial charge in [-0.3, -0.25) is 0 Å². The molecule has 0 spiro atoms. The van der Waals surface area contributed by atoms with Crippen molar-refractivity contribution in [1.29, 1.82) is 0 Å². The molecule has 5 rings (SSSR count). The van der Waals surface area contributed by atoms with E-state index in [0.717, 1.165) is 49.1 Å². The van der Waals surface area contributed by atoms with E-state index in [4.69, 9.17) is 4.98 Å². The van der Waals surface area contributed by atoms with Crippen LogP contribution in [0.3, 0.4) is 0 Å². The first kappa shape index (κ1) is 20.7. The summed E-state index contributed by atoms with van der Waals surface area (Å²) in [5.41, 5.74) is 1.01. The number of fused-ring (bicyclic) bond motifs is 1. The van der Waals surface area contributed by atoms with E-state index >= 15 is 0 Å². The molecule has 1 N–H and O–H groups in total. The number of aliphatic hydroxyl groups excluding tert-OH is 1. The van der Waals surface area contributed by atoms with Crippen molar-refractivity contribution >= 4 is 27.4 Å². The molecule has 6 heteroatoms. The number of nitrogens with zero attached hydrogens (tertiary/aromatic N) is 4. The summed E-state index contributed by atoms with van der Waals surface area (Å²) in [5, 5.41) is 11.4. The molecule has 1 saturated carbocycles. The summed E-state index contributed by atoms with van der Waals surface area (Å²) >= 11 is 1.82. The Labute approximate surface area is 184 Å². The maximum absolute atomic E-state index is 10.1. The van der Waals surface area contributed by atoms with Gasteiger partial charge in [-0.2, -0.15) is 0 Å². The van der Waals surface area contributed by atoms with Crippen LogP contribution in [0.25, 0.3) is 10.2 Å². The third kappa shape index (κ3) is 4.66. The zero-order valence-corrected chi connectivity index (χ0v) is 19.0. The van der Waals surface area contributed by atoms with Crippen LogP contribution >= 0.6 is 11.3 Å². The van der Waals surface area contributed by atoms with Crippen molar-refractivity contribution in [2.24, 2.45) is 5.92 Å². The van der Waals surface area contributed by atoms with Crippen molar-refractivity contribution in [3.63, 3.8) is 0 Å². The van der Waals surface area contributed by atoms with E-state index < -0.39 is 0 Å². The molecular weight excluding hydrogens is 392 g/mol. The normalized spacial score (nSPS) is 28.8. The van der Waals surface area contributed by atoms with Crippen LogP contribution in [0.2, 0.25) is 0 Å². The van der Waals surface area contributed by atoms with Crippen LogP contribution in [-0.2, 0) is 6.42 Å². The Hall–Kier alpha value is -1.24. The summed E-state index contributed by atoms with van der Waals surface area (Å²) in [6, 6.07) is 2.98. The summed E-state index contributed by atoms with van der Waals surface area (Å²) in [5.74, 6) is 1.77. The number of pyridine rings is 1. The molecule has 4 heterocycles. The van der Waals surface area contributed by atoms with Gasteiger partial charge in [0.25, 0.3) is 0 Å². The summed E-state index contributed by atoms with van der Waals surface area (Å²) in [6.45, 7) is 3.57. The van der Waals surface area contributed by atoms with E-state index in [0.29, 0.717) is 0 Å². The third-order valence-electron chi connectivity index (χ3n) is 7.56. The summed E-state index contributed by atoms with van der Waals surface area (Å²) in [7, 11) is 0. The predicted molar refractivity (Wildman–Crippen MR) is 124 cm³/mol. The van der Waals surface area contributed by atoms with E-state index in [2.05, 4.69) is 16.0 Å². The quantitative estimate of drug-likeness (QED) is 0.728. The Balaban J connectivity index is 1.14. The predicted octanol–water partition coefficient (Wildman–Crippen LogP) is 4.98. The van der Waals surface area contributed by atoms with Crippen LogP contribution in [0.15, 0.2) is 12.3 Å². The molecule has 1 unspecified atom stereocenters. The molecule has 3 fully saturated rings.